The lowest BCUT2D eigenvalue weighted by atomic mass is 9.86. The first-order valence-electron chi connectivity index (χ1n) is 5.24. The summed E-state index contributed by atoms with van der Waals surface area (Å²) in [5, 5.41) is 23.6. The molecular formula is C11H17N3O3. The van der Waals surface area contributed by atoms with E-state index in [2.05, 4.69) is 10.3 Å². The number of aliphatic hydroxyl groups is 1. The van der Waals surface area contributed by atoms with Crippen LogP contribution in [0.25, 0.3) is 0 Å². The molecule has 0 fully saturated rings. The largest absolute Gasteiger partial charge is 0.388 e. The van der Waals surface area contributed by atoms with Crippen LogP contribution in [0.15, 0.2) is 18.3 Å². The Bertz CT molecular complexity index is 424. The number of pyridine rings is 1. The molecule has 0 aliphatic heterocycles. The predicted octanol–water partition coefficient (Wildman–Crippen LogP) is 1.95. The van der Waals surface area contributed by atoms with Gasteiger partial charge in [0.25, 0.3) is 5.69 Å². The minimum atomic E-state index is -0.987. The first kappa shape index (κ1) is 13.4. The van der Waals surface area contributed by atoms with Gasteiger partial charge in [-0.1, -0.05) is 0 Å². The Balaban J connectivity index is 2.96. The topological polar surface area (TPSA) is 88.3 Å². The molecule has 2 N–H and O–H groups in total. The maximum atomic E-state index is 10.6. The lowest BCUT2D eigenvalue weighted by Crippen LogP contribution is -2.51. The van der Waals surface area contributed by atoms with Gasteiger partial charge in [0, 0.05) is 12.3 Å². The average Bonchev–Trinajstić information content (AvgIpc) is 2.15. The molecule has 1 aromatic heterocycles. The third-order valence-corrected chi connectivity index (χ3v) is 2.92. The summed E-state index contributed by atoms with van der Waals surface area (Å²) < 4.78 is 0. The molecule has 0 aromatic carbocycles. The van der Waals surface area contributed by atoms with Crippen LogP contribution < -0.4 is 5.32 Å². The number of rotatable bonds is 4. The molecule has 1 rings (SSSR count). The highest BCUT2D eigenvalue weighted by atomic mass is 16.6. The van der Waals surface area contributed by atoms with Crippen molar-refractivity contribution >= 4 is 11.5 Å². The van der Waals surface area contributed by atoms with E-state index in [-0.39, 0.29) is 5.69 Å². The number of nitrogens with one attached hydrogen (secondary N) is 1. The minimum Gasteiger partial charge on any atom is -0.388 e. The van der Waals surface area contributed by atoms with Gasteiger partial charge < -0.3 is 10.4 Å². The van der Waals surface area contributed by atoms with Gasteiger partial charge in [0.2, 0.25) is 0 Å². The Hall–Kier alpha value is -1.69. The monoisotopic (exact) mass is 239 g/mol. The Kier molecular flexibility index (Phi) is 3.38. The van der Waals surface area contributed by atoms with Gasteiger partial charge in [-0.15, -0.1) is 0 Å². The Morgan fingerprint density at radius 3 is 2.47 bits per heavy atom. The number of aromatic nitrogens is 1. The van der Waals surface area contributed by atoms with Crippen LogP contribution in [0, 0.1) is 10.1 Å². The van der Waals surface area contributed by atoms with E-state index in [0.717, 1.165) is 0 Å². The molecule has 94 valence electrons. The molecule has 0 bridgehead atoms. The fourth-order valence-corrected chi connectivity index (χ4v) is 1.07. The molecule has 0 saturated heterocycles. The highest BCUT2D eigenvalue weighted by molar-refractivity contribution is 5.46. The second kappa shape index (κ2) is 4.29. The molecule has 6 heteroatoms. The van der Waals surface area contributed by atoms with Crippen molar-refractivity contribution in [3.8, 4) is 0 Å². The summed E-state index contributed by atoms with van der Waals surface area (Å²) in [5.41, 5.74) is -1.68. The van der Waals surface area contributed by atoms with Crippen molar-refractivity contribution in [3.05, 3.63) is 28.4 Å². The van der Waals surface area contributed by atoms with E-state index < -0.39 is 16.1 Å². The van der Waals surface area contributed by atoms with Crippen LogP contribution in [-0.4, -0.2) is 26.2 Å². The summed E-state index contributed by atoms with van der Waals surface area (Å²) >= 11 is 0. The van der Waals surface area contributed by atoms with Crippen molar-refractivity contribution in [2.24, 2.45) is 0 Å². The average molecular weight is 239 g/mol. The Morgan fingerprint density at radius 2 is 2.00 bits per heavy atom. The summed E-state index contributed by atoms with van der Waals surface area (Å²) in [7, 11) is 0. The van der Waals surface area contributed by atoms with E-state index in [9.17, 15) is 15.2 Å². The highest BCUT2D eigenvalue weighted by Gasteiger charge is 2.35. The van der Waals surface area contributed by atoms with Gasteiger partial charge in [-0.05, 0) is 27.7 Å². The first-order valence-corrected chi connectivity index (χ1v) is 5.24. The van der Waals surface area contributed by atoms with Crippen molar-refractivity contribution < 1.29 is 10.0 Å². The number of hydrogen-bond acceptors (Lipinski definition) is 5. The van der Waals surface area contributed by atoms with Gasteiger partial charge in [-0.2, -0.15) is 0 Å². The maximum absolute atomic E-state index is 10.6. The minimum absolute atomic E-state index is 0.0333. The summed E-state index contributed by atoms with van der Waals surface area (Å²) in [6.45, 7) is 6.93. The number of anilines is 1. The zero-order valence-corrected chi connectivity index (χ0v) is 10.4. The molecule has 0 radical (unpaired) electrons. The van der Waals surface area contributed by atoms with Gasteiger partial charge >= 0.3 is 0 Å². The summed E-state index contributed by atoms with van der Waals surface area (Å²) in [6.07, 6.45) is 1.36. The third kappa shape index (κ3) is 3.13. The van der Waals surface area contributed by atoms with Gasteiger partial charge in [0.05, 0.1) is 22.1 Å². The maximum Gasteiger partial charge on any atom is 0.274 e. The molecule has 0 atom stereocenters. The summed E-state index contributed by atoms with van der Waals surface area (Å²) in [5.74, 6) is 0.367. The highest BCUT2D eigenvalue weighted by Crippen LogP contribution is 2.26. The van der Waals surface area contributed by atoms with Gasteiger partial charge in [-0.25, -0.2) is 4.98 Å². The Labute approximate surface area is 99.8 Å². The molecule has 0 amide bonds. The standard InChI is InChI=1S/C11H17N3O3/c1-10(2,11(3,4)15)13-9-7-8(14(16)17)5-6-12-9/h5-7,15H,1-4H3,(H,12,13). The smallest absolute Gasteiger partial charge is 0.274 e. The van der Waals surface area contributed by atoms with Crippen molar-refractivity contribution in [2.45, 2.75) is 38.8 Å². The van der Waals surface area contributed by atoms with Crippen LogP contribution in [0.5, 0.6) is 0 Å². The normalized spacial score (nSPS) is 12.3. The number of nitrogens with zero attached hydrogens (tertiary/aromatic N) is 2. The van der Waals surface area contributed by atoms with Crippen LogP contribution in [0.3, 0.4) is 0 Å². The predicted molar refractivity (Wildman–Crippen MR) is 64.9 cm³/mol. The molecule has 0 unspecified atom stereocenters. The van der Waals surface area contributed by atoms with Crippen molar-refractivity contribution in [3.63, 3.8) is 0 Å². The van der Waals surface area contributed by atoms with E-state index in [4.69, 9.17) is 0 Å². The lowest BCUT2D eigenvalue weighted by molar-refractivity contribution is -0.384. The fourth-order valence-electron chi connectivity index (χ4n) is 1.07. The van der Waals surface area contributed by atoms with Gasteiger partial charge in [-0.3, -0.25) is 10.1 Å². The van der Waals surface area contributed by atoms with Crippen molar-refractivity contribution in [1.29, 1.82) is 0 Å². The van der Waals surface area contributed by atoms with E-state index in [1.807, 2.05) is 0 Å². The lowest BCUT2D eigenvalue weighted by Gasteiger charge is -2.38. The zero-order chi connectivity index (χ0) is 13.3. The fraction of sp³-hybridized carbons (Fsp3) is 0.545. The molecule has 0 spiro atoms. The van der Waals surface area contributed by atoms with Gasteiger partial charge in [0.1, 0.15) is 5.82 Å². The third-order valence-electron chi connectivity index (χ3n) is 2.92. The van der Waals surface area contributed by atoms with E-state index in [0.29, 0.717) is 5.82 Å². The molecule has 6 nitrogen and oxygen atoms in total. The zero-order valence-electron chi connectivity index (χ0n) is 10.4. The van der Waals surface area contributed by atoms with Gasteiger partial charge in [0.15, 0.2) is 0 Å². The van der Waals surface area contributed by atoms with Crippen LogP contribution in [0.2, 0.25) is 0 Å². The summed E-state index contributed by atoms with van der Waals surface area (Å²) in [4.78, 5) is 14.1. The van der Waals surface area contributed by atoms with Crippen molar-refractivity contribution in [2.75, 3.05) is 5.32 Å². The van der Waals surface area contributed by atoms with Crippen LogP contribution >= 0.6 is 0 Å². The van der Waals surface area contributed by atoms with E-state index in [1.165, 1.54) is 18.3 Å². The molecule has 0 aliphatic rings. The van der Waals surface area contributed by atoms with E-state index >= 15 is 0 Å². The molecule has 1 aromatic rings. The SMILES string of the molecule is CC(C)(O)C(C)(C)Nc1cc([N+](=O)[O-])ccn1. The molecule has 0 saturated carbocycles. The molecule has 0 aliphatic carbocycles. The Morgan fingerprint density at radius 1 is 1.41 bits per heavy atom. The number of hydrogen-bond donors (Lipinski definition) is 2. The quantitative estimate of drug-likeness (QED) is 0.619. The van der Waals surface area contributed by atoms with Crippen molar-refractivity contribution in [1.82, 2.24) is 4.98 Å². The van der Waals surface area contributed by atoms with Crippen LogP contribution in [0.1, 0.15) is 27.7 Å². The second-order valence-corrected chi connectivity index (χ2v) is 4.97. The van der Waals surface area contributed by atoms with Crippen LogP contribution in [0.4, 0.5) is 11.5 Å². The summed E-state index contributed by atoms with van der Waals surface area (Å²) in [6, 6.07) is 2.66. The first-order chi connectivity index (χ1) is 7.63. The van der Waals surface area contributed by atoms with E-state index in [1.54, 1.807) is 27.7 Å². The molecule has 1 heterocycles. The number of nitro groups is 1. The molecule has 17 heavy (non-hydrogen) atoms. The second-order valence-electron chi connectivity index (χ2n) is 4.97. The van der Waals surface area contributed by atoms with Crippen LogP contribution in [-0.2, 0) is 0 Å². The molecular weight excluding hydrogens is 222 g/mol.